The van der Waals surface area contributed by atoms with E-state index in [4.69, 9.17) is 0 Å². The molecule has 0 saturated heterocycles. The van der Waals surface area contributed by atoms with E-state index in [1.165, 1.54) is 61.4 Å². The highest BCUT2D eigenvalue weighted by atomic mass is 19.1. The van der Waals surface area contributed by atoms with E-state index in [0.29, 0.717) is 0 Å². The van der Waals surface area contributed by atoms with Crippen molar-refractivity contribution < 1.29 is 4.39 Å². The summed E-state index contributed by atoms with van der Waals surface area (Å²) in [6.45, 7) is 6.49. The highest BCUT2D eigenvalue weighted by molar-refractivity contribution is 6.11. The first kappa shape index (κ1) is 28.9. The van der Waals surface area contributed by atoms with E-state index in [1.54, 1.807) is 0 Å². The zero-order valence-corrected chi connectivity index (χ0v) is 27.6. The van der Waals surface area contributed by atoms with Crippen LogP contribution in [-0.4, -0.2) is 16.2 Å². The quantitative estimate of drug-likeness (QED) is 0.191. The Morgan fingerprint density at radius 2 is 0.894 bits per heavy atom. The first-order valence-electron chi connectivity index (χ1n) is 16.1. The van der Waals surface area contributed by atoms with Gasteiger partial charge in [0, 0.05) is 76.6 Å². The Morgan fingerprint density at radius 1 is 0.468 bits per heavy atom. The third kappa shape index (κ3) is 4.65. The maximum atomic E-state index is 13.6. The van der Waals surface area contributed by atoms with Gasteiger partial charge in [-0.1, -0.05) is 48.0 Å². The molecule has 2 aromatic heterocycles. The van der Waals surface area contributed by atoms with Gasteiger partial charge in [-0.15, -0.1) is 0 Å². The molecule has 0 aliphatic rings. The summed E-state index contributed by atoms with van der Waals surface area (Å²) in [4.78, 5) is 4.48. The van der Waals surface area contributed by atoms with Crippen LogP contribution in [0.5, 0.6) is 0 Å². The molecule has 8 aromatic rings. The predicted molar refractivity (Wildman–Crippen MR) is 198 cm³/mol. The van der Waals surface area contributed by atoms with Crippen LogP contribution in [0.1, 0.15) is 16.7 Å². The number of rotatable bonds is 5. The smallest absolute Gasteiger partial charge is 0.123 e. The van der Waals surface area contributed by atoms with E-state index in [1.807, 2.05) is 19.2 Å². The zero-order chi connectivity index (χ0) is 32.6. The highest BCUT2D eigenvalue weighted by Gasteiger charge is 2.20. The van der Waals surface area contributed by atoms with Crippen molar-refractivity contribution in [2.24, 2.45) is 14.1 Å². The Morgan fingerprint density at radius 3 is 1.45 bits per heavy atom. The molecule has 0 unspecified atom stereocenters. The summed E-state index contributed by atoms with van der Waals surface area (Å²) in [6.07, 6.45) is 0. The van der Waals surface area contributed by atoms with Crippen LogP contribution in [0.25, 0.3) is 43.6 Å². The molecule has 0 saturated carbocycles. The van der Waals surface area contributed by atoms with Crippen molar-refractivity contribution in [1.29, 1.82) is 0 Å². The molecule has 0 atom stereocenters. The molecule has 0 N–H and O–H groups in total. The van der Waals surface area contributed by atoms with Gasteiger partial charge in [0.1, 0.15) is 5.82 Å². The number of anilines is 5. The summed E-state index contributed by atoms with van der Waals surface area (Å²) >= 11 is 0. The molecule has 5 heteroatoms. The monoisotopic (exact) mass is 616 g/mol. The van der Waals surface area contributed by atoms with Gasteiger partial charge in [-0.05, 0) is 105 Å². The fraction of sp³-hybridized carbons (Fsp3) is 0.143. The molecule has 0 amide bonds. The van der Waals surface area contributed by atoms with E-state index in [2.05, 4.69) is 145 Å². The van der Waals surface area contributed by atoms with Gasteiger partial charge < -0.3 is 18.9 Å². The van der Waals surface area contributed by atoms with Crippen LogP contribution in [0.2, 0.25) is 0 Å². The Bertz CT molecular complexity index is 2500. The van der Waals surface area contributed by atoms with Crippen molar-refractivity contribution in [2.75, 3.05) is 16.8 Å². The van der Waals surface area contributed by atoms with E-state index in [9.17, 15) is 4.39 Å². The van der Waals surface area contributed by atoms with Gasteiger partial charge in [-0.25, -0.2) is 4.39 Å². The normalized spacial score (nSPS) is 11.7. The largest absolute Gasteiger partial charge is 0.345 e. The topological polar surface area (TPSA) is 16.3 Å². The van der Waals surface area contributed by atoms with Crippen LogP contribution < -0.4 is 9.80 Å². The summed E-state index contributed by atoms with van der Waals surface area (Å²) in [7, 11) is 6.32. The van der Waals surface area contributed by atoms with Crippen molar-refractivity contribution in [3.63, 3.8) is 0 Å². The number of aryl methyl sites for hydroxylation is 5. The second-order valence-corrected chi connectivity index (χ2v) is 12.9. The van der Waals surface area contributed by atoms with Crippen LogP contribution in [0.15, 0.2) is 115 Å². The van der Waals surface area contributed by atoms with Crippen LogP contribution >= 0.6 is 0 Å². The fourth-order valence-electron chi connectivity index (χ4n) is 7.27. The number of aromatic nitrogens is 2. The standard InChI is InChI=1S/C42H37FN4/c1-26-8-20-38(28(3)21-26)47(32-14-18-36-34-16-7-27(2)22-39(34)45(5)41(36)24-32)33-15-19-37-35-17-13-31(23-40(35)46(6)42(37)25-33)44(4)30-11-9-29(43)10-12-30/h7-25H,1-6H3. The molecule has 232 valence electrons. The molecule has 6 aromatic carbocycles. The fourth-order valence-corrected chi connectivity index (χ4v) is 7.27. The van der Waals surface area contributed by atoms with E-state index >= 15 is 0 Å². The minimum Gasteiger partial charge on any atom is -0.345 e. The van der Waals surface area contributed by atoms with Crippen molar-refractivity contribution in [3.05, 3.63) is 138 Å². The molecule has 8 rings (SSSR count). The molecule has 0 fully saturated rings. The van der Waals surface area contributed by atoms with Gasteiger partial charge in [0.15, 0.2) is 0 Å². The minimum absolute atomic E-state index is 0.232. The van der Waals surface area contributed by atoms with Gasteiger partial charge in [0.05, 0.1) is 16.6 Å². The number of hydrogen-bond acceptors (Lipinski definition) is 2. The first-order chi connectivity index (χ1) is 22.7. The molecule has 0 radical (unpaired) electrons. The highest BCUT2D eigenvalue weighted by Crippen LogP contribution is 2.42. The predicted octanol–water partition coefficient (Wildman–Crippen LogP) is 11.3. The number of benzene rings is 6. The Kier molecular flexibility index (Phi) is 6.62. The lowest BCUT2D eigenvalue weighted by Crippen LogP contribution is -2.11. The number of hydrogen-bond donors (Lipinski definition) is 0. The number of halogens is 1. The molecular formula is C42H37FN4. The van der Waals surface area contributed by atoms with Crippen LogP contribution in [0.4, 0.5) is 32.8 Å². The van der Waals surface area contributed by atoms with Crippen LogP contribution in [-0.2, 0) is 14.1 Å². The zero-order valence-electron chi connectivity index (χ0n) is 27.6. The first-order valence-corrected chi connectivity index (χ1v) is 16.1. The summed E-state index contributed by atoms with van der Waals surface area (Å²) in [5, 5.41) is 4.95. The summed E-state index contributed by atoms with van der Waals surface area (Å²) in [6, 6.07) is 40.3. The van der Waals surface area contributed by atoms with E-state index < -0.39 is 0 Å². The van der Waals surface area contributed by atoms with Crippen molar-refractivity contribution >= 4 is 72.0 Å². The molecule has 4 nitrogen and oxygen atoms in total. The molecule has 2 heterocycles. The van der Waals surface area contributed by atoms with Crippen LogP contribution in [0, 0.1) is 26.6 Å². The van der Waals surface area contributed by atoms with Gasteiger partial charge in [0.2, 0.25) is 0 Å². The second kappa shape index (κ2) is 10.8. The molecular weight excluding hydrogens is 579 g/mol. The molecule has 0 aliphatic carbocycles. The molecule has 47 heavy (non-hydrogen) atoms. The van der Waals surface area contributed by atoms with E-state index in [0.717, 1.165) is 39.5 Å². The third-order valence-corrected chi connectivity index (χ3v) is 9.83. The maximum absolute atomic E-state index is 13.6. The van der Waals surface area contributed by atoms with Crippen molar-refractivity contribution in [3.8, 4) is 0 Å². The van der Waals surface area contributed by atoms with Crippen molar-refractivity contribution in [2.45, 2.75) is 20.8 Å². The minimum atomic E-state index is -0.232. The van der Waals surface area contributed by atoms with Gasteiger partial charge in [-0.3, -0.25) is 0 Å². The summed E-state index contributed by atoms with van der Waals surface area (Å²) < 4.78 is 18.2. The molecule has 0 spiro atoms. The molecule has 0 bridgehead atoms. The van der Waals surface area contributed by atoms with E-state index in [-0.39, 0.29) is 5.82 Å². The Balaban J connectivity index is 1.29. The number of fused-ring (bicyclic) bond motifs is 6. The van der Waals surface area contributed by atoms with Gasteiger partial charge >= 0.3 is 0 Å². The Labute approximate surface area is 274 Å². The Hall–Kier alpha value is -5.55. The average molecular weight is 617 g/mol. The van der Waals surface area contributed by atoms with Crippen LogP contribution in [0.3, 0.4) is 0 Å². The second-order valence-electron chi connectivity index (χ2n) is 12.9. The summed E-state index contributed by atoms with van der Waals surface area (Å²) in [5.74, 6) is -0.232. The average Bonchev–Trinajstić information content (AvgIpc) is 3.51. The number of nitrogens with zero attached hydrogens (tertiary/aromatic N) is 4. The van der Waals surface area contributed by atoms with Gasteiger partial charge in [0.25, 0.3) is 0 Å². The van der Waals surface area contributed by atoms with Gasteiger partial charge in [-0.2, -0.15) is 0 Å². The SMILES string of the molecule is Cc1ccc(N(c2ccc3c4ccc(C)cc4n(C)c3c2)c2ccc3c4ccc(N(C)c5ccc(F)cc5)cc4n(C)c3c2)c(C)c1. The lowest BCUT2D eigenvalue weighted by Gasteiger charge is -2.27. The third-order valence-electron chi connectivity index (χ3n) is 9.83. The summed E-state index contributed by atoms with van der Waals surface area (Å²) in [5.41, 5.74) is 13.9. The molecule has 0 aliphatic heterocycles. The maximum Gasteiger partial charge on any atom is 0.123 e. The van der Waals surface area contributed by atoms with Crippen molar-refractivity contribution in [1.82, 2.24) is 9.13 Å². The lowest BCUT2D eigenvalue weighted by molar-refractivity contribution is 0.628. The lowest BCUT2D eigenvalue weighted by atomic mass is 10.1.